The van der Waals surface area contributed by atoms with E-state index in [2.05, 4.69) is 12.1 Å². The number of amides is 1. The smallest absolute Gasteiger partial charge is 0.224 e. The first kappa shape index (κ1) is 12.5. The molecule has 0 aliphatic carbocycles. The quantitative estimate of drug-likeness (QED) is 0.639. The largest absolute Gasteiger partial charge is 0.341 e. The molecule has 1 unspecified atom stereocenters. The molecule has 1 aliphatic rings. The van der Waals surface area contributed by atoms with Crippen LogP contribution >= 0.6 is 11.8 Å². The first-order valence-electron chi connectivity index (χ1n) is 5.97. The van der Waals surface area contributed by atoms with Crippen molar-refractivity contribution < 1.29 is 4.79 Å². The van der Waals surface area contributed by atoms with Gasteiger partial charge in [-0.2, -0.15) is 0 Å². The zero-order valence-corrected chi connectivity index (χ0v) is 10.7. The molecule has 4 heteroatoms. The molecule has 1 saturated heterocycles. The van der Waals surface area contributed by atoms with Gasteiger partial charge in [-0.15, -0.1) is 11.8 Å². The van der Waals surface area contributed by atoms with Crippen LogP contribution in [0.15, 0.2) is 35.2 Å². The summed E-state index contributed by atoms with van der Waals surface area (Å²) in [5, 5.41) is 0. The maximum absolute atomic E-state index is 11.5. The summed E-state index contributed by atoms with van der Waals surface area (Å²) >= 11 is 1.84. The molecular weight excluding hydrogens is 232 g/mol. The molecule has 2 rings (SSSR count). The summed E-state index contributed by atoms with van der Waals surface area (Å²) in [6, 6.07) is 10.4. The van der Waals surface area contributed by atoms with Crippen molar-refractivity contribution >= 4 is 17.7 Å². The average Bonchev–Trinajstić information content (AvgIpc) is 2.65. The summed E-state index contributed by atoms with van der Waals surface area (Å²) in [6.07, 6.45) is 1.55. The van der Waals surface area contributed by atoms with E-state index in [1.165, 1.54) is 4.90 Å². The number of hydrogen-bond donors (Lipinski definition) is 1. The van der Waals surface area contributed by atoms with Gasteiger partial charge in [0.1, 0.15) is 0 Å². The fourth-order valence-corrected chi connectivity index (χ4v) is 2.84. The molecule has 1 fully saturated rings. The fourth-order valence-electron chi connectivity index (χ4n) is 1.98. The van der Waals surface area contributed by atoms with Crippen molar-refractivity contribution in [3.63, 3.8) is 0 Å². The van der Waals surface area contributed by atoms with E-state index in [0.29, 0.717) is 6.42 Å². The molecule has 1 aromatic carbocycles. The van der Waals surface area contributed by atoms with Crippen LogP contribution in [-0.2, 0) is 4.79 Å². The van der Waals surface area contributed by atoms with E-state index >= 15 is 0 Å². The van der Waals surface area contributed by atoms with Gasteiger partial charge >= 0.3 is 0 Å². The highest BCUT2D eigenvalue weighted by Crippen LogP contribution is 2.18. The molecule has 0 spiro atoms. The molecule has 1 heterocycles. The Labute approximate surface area is 106 Å². The van der Waals surface area contributed by atoms with Crippen LogP contribution < -0.4 is 5.73 Å². The Balaban J connectivity index is 1.65. The van der Waals surface area contributed by atoms with Gasteiger partial charge in [0.05, 0.1) is 0 Å². The van der Waals surface area contributed by atoms with Crippen LogP contribution in [0.2, 0.25) is 0 Å². The summed E-state index contributed by atoms with van der Waals surface area (Å²) in [4.78, 5) is 14.7. The van der Waals surface area contributed by atoms with Gasteiger partial charge in [0.25, 0.3) is 0 Å². The van der Waals surface area contributed by atoms with Gasteiger partial charge in [-0.25, -0.2) is 0 Å². The highest BCUT2D eigenvalue weighted by Gasteiger charge is 2.25. The predicted molar refractivity (Wildman–Crippen MR) is 71.0 cm³/mol. The van der Waals surface area contributed by atoms with Gasteiger partial charge in [0.15, 0.2) is 0 Å². The van der Waals surface area contributed by atoms with Crippen molar-refractivity contribution in [1.29, 1.82) is 0 Å². The van der Waals surface area contributed by atoms with Crippen molar-refractivity contribution in [2.75, 3.05) is 18.8 Å². The molecule has 2 N–H and O–H groups in total. The fraction of sp³-hybridized carbons (Fsp3) is 0.462. The number of rotatable bonds is 5. The van der Waals surface area contributed by atoms with E-state index in [4.69, 9.17) is 5.73 Å². The Hall–Kier alpha value is -1.00. The van der Waals surface area contributed by atoms with E-state index in [1.54, 1.807) is 0 Å². The third-order valence-electron chi connectivity index (χ3n) is 2.83. The lowest BCUT2D eigenvalue weighted by Crippen LogP contribution is -2.29. The topological polar surface area (TPSA) is 46.3 Å². The van der Waals surface area contributed by atoms with E-state index in [9.17, 15) is 4.79 Å². The molecule has 0 bridgehead atoms. The van der Waals surface area contributed by atoms with Gasteiger partial charge in [-0.1, -0.05) is 18.2 Å². The Morgan fingerprint density at radius 1 is 1.35 bits per heavy atom. The lowest BCUT2D eigenvalue weighted by molar-refractivity contribution is -0.127. The zero-order chi connectivity index (χ0) is 12.1. The SMILES string of the molecule is NC1CC(=O)N(CCCSc2ccccc2)C1. The second kappa shape index (κ2) is 6.07. The normalized spacial score (nSPS) is 19.9. The van der Waals surface area contributed by atoms with E-state index < -0.39 is 0 Å². The van der Waals surface area contributed by atoms with Crippen LogP contribution in [0.3, 0.4) is 0 Å². The molecular formula is C13H18N2OS. The Bertz CT molecular complexity index is 369. The van der Waals surface area contributed by atoms with Crippen LogP contribution in [0.25, 0.3) is 0 Å². The predicted octanol–water partition coefficient (Wildman–Crippen LogP) is 1.73. The van der Waals surface area contributed by atoms with E-state index in [0.717, 1.165) is 25.3 Å². The minimum Gasteiger partial charge on any atom is -0.341 e. The monoisotopic (exact) mass is 250 g/mol. The van der Waals surface area contributed by atoms with Crippen molar-refractivity contribution in [3.05, 3.63) is 30.3 Å². The highest BCUT2D eigenvalue weighted by atomic mass is 32.2. The Morgan fingerprint density at radius 3 is 2.76 bits per heavy atom. The van der Waals surface area contributed by atoms with Gasteiger partial charge in [-0.3, -0.25) is 4.79 Å². The second-order valence-corrected chi connectivity index (χ2v) is 5.49. The summed E-state index contributed by atoms with van der Waals surface area (Å²) in [5.41, 5.74) is 5.74. The van der Waals surface area contributed by atoms with E-state index in [1.807, 2.05) is 34.9 Å². The summed E-state index contributed by atoms with van der Waals surface area (Å²) in [6.45, 7) is 1.57. The number of carbonyl (C=O) groups is 1. The molecule has 92 valence electrons. The molecule has 1 amide bonds. The molecule has 1 aromatic rings. The van der Waals surface area contributed by atoms with Crippen LogP contribution in [0.4, 0.5) is 0 Å². The second-order valence-electron chi connectivity index (χ2n) is 4.32. The molecule has 0 radical (unpaired) electrons. The number of benzene rings is 1. The lowest BCUT2D eigenvalue weighted by atomic mass is 10.3. The maximum Gasteiger partial charge on any atom is 0.224 e. The Morgan fingerprint density at radius 2 is 2.12 bits per heavy atom. The molecule has 1 aliphatic heterocycles. The van der Waals surface area contributed by atoms with Crippen molar-refractivity contribution in [2.24, 2.45) is 5.73 Å². The van der Waals surface area contributed by atoms with Crippen molar-refractivity contribution in [2.45, 2.75) is 23.8 Å². The first-order chi connectivity index (χ1) is 8.25. The third kappa shape index (κ3) is 3.75. The number of nitrogens with zero attached hydrogens (tertiary/aromatic N) is 1. The van der Waals surface area contributed by atoms with Gasteiger partial charge in [-0.05, 0) is 24.3 Å². The first-order valence-corrected chi connectivity index (χ1v) is 6.95. The molecule has 0 saturated carbocycles. The molecule has 3 nitrogen and oxygen atoms in total. The number of likely N-dealkylation sites (tertiary alicyclic amines) is 1. The van der Waals surface area contributed by atoms with Gasteiger partial charge in [0, 0.05) is 30.4 Å². The zero-order valence-electron chi connectivity index (χ0n) is 9.84. The number of nitrogens with two attached hydrogens (primary N) is 1. The van der Waals surface area contributed by atoms with Crippen molar-refractivity contribution in [1.82, 2.24) is 4.90 Å². The van der Waals surface area contributed by atoms with E-state index in [-0.39, 0.29) is 11.9 Å². The Kier molecular flexibility index (Phi) is 4.45. The summed E-state index contributed by atoms with van der Waals surface area (Å²) < 4.78 is 0. The summed E-state index contributed by atoms with van der Waals surface area (Å²) in [7, 11) is 0. The van der Waals surface area contributed by atoms with Crippen molar-refractivity contribution in [3.8, 4) is 0 Å². The molecule has 0 aromatic heterocycles. The standard InChI is InChI=1S/C13H18N2OS/c14-11-9-13(16)15(10-11)7-4-8-17-12-5-2-1-3-6-12/h1-3,5-6,11H,4,7-10,14H2. The number of hydrogen-bond acceptors (Lipinski definition) is 3. The van der Waals surface area contributed by atoms with Crippen LogP contribution in [0, 0.1) is 0 Å². The minimum absolute atomic E-state index is 0.0456. The lowest BCUT2D eigenvalue weighted by Gasteiger charge is -2.15. The van der Waals surface area contributed by atoms with Gasteiger partial charge < -0.3 is 10.6 Å². The third-order valence-corrected chi connectivity index (χ3v) is 3.93. The maximum atomic E-state index is 11.5. The molecule has 1 atom stereocenters. The van der Waals surface area contributed by atoms with Crippen LogP contribution in [-0.4, -0.2) is 35.7 Å². The van der Waals surface area contributed by atoms with Crippen LogP contribution in [0.5, 0.6) is 0 Å². The average molecular weight is 250 g/mol. The minimum atomic E-state index is 0.0456. The highest BCUT2D eigenvalue weighted by molar-refractivity contribution is 7.99. The number of carbonyl (C=O) groups excluding carboxylic acids is 1. The van der Waals surface area contributed by atoms with Gasteiger partial charge in [0.2, 0.25) is 5.91 Å². The number of thioether (sulfide) groups is 1. The summed E-state index contributed by atoms with van der Waals surface area (Å²) in [5.74, 6) is 1.26. The van der Waals surface area contributed by atoms with Crippen LogP contribution in [0.1, 0.15) is 12.8 Å². The molecule has 17 heavy (non-hydrogen) atoms.